The summed E-state index contributed by atoms with van der Waals surface area (Å²) in [5, 5.41) is 7.05. The Morgan fingerprint density at radius 1 is 1.21 bits per heavy atom. The van der Waals surface area contributed by atoms with Crippen molar-refractivity contribution in [3.63, 3.8) is 0 Å². The van der Waals surface area contributed by atoms with E-state index in [1.54, 1.807) is 0 Å². The van der Waals surface area contributed by atoms with Crippen molar-refractivity contribution in [2.24, 2.45) is 5.92 Å². The summed E-state index contributed by atoms with van der Waals surface area (Å²) in [6, 6.07) is 0. The molecule has 0 aliphatic carbocycles. The van der Waals surface area contributed by atoms with Gasteiger partial charge in [-0.15, -0.1) is 23.7 Å². The minimum atomic E-state index is 0. The summed E-state index contributed by atoms with van der Waals surface area (Å²) >= 11 is 1.81. The van der Waals surface area contributed by atoms with Gasteiger partial charge in [0.15, 0.2) is 0 Å². The van der Waals surface area contributed by atoms with Gasteiger partial charge in [0.1, 0.15) is 0 Å². The molecule has 6 heteroatoms. The van der Waals surface area contributed by atoms with E-state index in [9.17, 15) is 0 Å². The van der Waals surface area contributed by atoms with Gasteiger partial charge in [-0.05, 0) is 31.8 Å². The number of rotatable bonds is 4. The van der Waals surface area contributed by atoms with Gasteiger partial charge in [-0.1, -0.05) is 20.8 Å². The van der Waals surface area contributed by atoms with E-state index >= 15 is 0 Å². The summed E-state index contributed by atoms with van der Waals surface area (Å²) in [6.07, 6.45) is 2.76. The number of piperidine rings is 1. The molecule has 24 heavy (non-hydrogen) atoms. The smallest absolute Gasteiger partial charge is 0.0982 e. The van der Waals surface area contributed by atoms with Crippen LogP contribution in [0.25, 0.3) is 0 Å². The minimum Gasteiger partial charge on any atom is -0.316 e. The topological polar surface area (TPSA) is 31.4 Å². The molecule has 2 aliphatic heterocycles. The number of aromatic nitrogens is 1. The van der Waals surface area contributed by atoms with E-state index in [2.05, 4.69) is 41.3 Å². The van der Waals surface area contributed by atoms with Gasteiger partial charge in [0.2, 0.25) is 0 Å². The van der Waals surface area contributed by atoms with Gasteiger partial charge in [0, 0.05) is 50.1 Å². The van der Waals surface area contributed by atoms with Crippen molar-refractivity contribution >= 4 is 23.7 Å². The SMILES string of the molecule is CC(C)(C)c1nc(CN2CCN(CC3CCCNC3)CC2)cs1.Cl. The first-order valence-electron chi connectivity index (χ1n) is 9.11. The molecule has 2 fully saturated rings. The summed E-state index contributed by atoms with van der Waals surface area (Å²) in [6.45, 7) is 16.3. The molecule has 0 amide bonds. The van der Waals surface area contributed by atoms with Crippen molar-refractivity contribution in [2.45, 2.75) is 45.6 Å². The average molecular weight is 373 g/mol. The molecule has 1 atom stereocenters. The predicted molar refractivity (Wildman–Crippen MR) is 105 cm³/mol. The Kier molecular flexibility index (Phi) is 7.50. The number of thiazole rings is 1. The molecule has 0 bridgehead atoms. The van der Waals surface area contributed by atoms with Crippen molar-refractivity contribution in [3.8, 4) is 0 Å². The van der Waals surface area contributed by atoms with Crippen molar-refractivity contribution < 1.29 is 0 Å². The van der Waals surface area contributed by atoms with E-state index in [1.807, 2.05) is 11.3 Å². The third-order valence-corrected chi connectivity index (χ3v) is 6.28. The molecule has 0 aromatic carbocycles. The molecule has 1 N–H and O–H groups in total. The maximum absolute atomic E-state index is 4.84. The van der Waals surface area contributed by atoms with Crippen LogP contribution in [0.4, 0.5) is 0 Å². The Labute approximate surface area is 157 Å². The predicted octanol–water partition coefficient (Wildman–Crippen LogP) is 2.98. The van der Waals surface area contributed by atoms with Crippen LogP contribution < -0.4 is 5.32 Å². The number of hydrogen-bond donors (Lipinski definition) is 1. The van der Waals surface area contributed by atoms with Gasteiger partial charge in [0.25, 0.3) is 0 Å². The first-order valence-corrected chi connectivity index (χ1v) is 9.99. The Balaban J connectivity index is 0.00000208. The Bertz CT molecular complexity index is 485. The van der Waals surface area contributed by atoms with Gasteiger partial charge < -0.3 is 10.2 Å². The first kappa shape index (κ1) is 20.1. The Hall–Kier alpha value is -0.200. The van der Waals surface area contributed by atoms with E-state index in [0.717, 1.165) is 12.5 Å². The van der Waals surface area contributed by atoms with Gasteiger partial charge in [0.05, 0.1) is 10.7 Å². The molecule has 1 aromatic rings. The van der Waals surface area contributed by atoms with E-state index < -0.39 is 0 Å². The quantitative estimate of drug-likeness (QED) is 0.880. The van der Waals surface area contributed by atoms with E-state index in [1.165, 1.54) is 69.4 Å². The van der Waals surface area contributed by atoms with Crippen LogP contribution in [0.1, 0.15) is 44.3 Å². The fourth-order valence-corrected chi connectivity index (χ4v) is 4.43. The highest BCUT2D eigenvalue weighted by atomic mass is 35.5. The van der Waals surface area contributed by atoms with Crippen LogP contribution in [0.2, 0.25) is 0 Å². The summed E-state index contributed by atoms with van der Waals surface area (Å²) in [7, 11) is 0. The standard InChI is InChI=1S/C18H32N4S.ClH/c1-18(2,3)17-20-16(14-23-17)13-22-9-7-21(8-10-22)12-15-5-4-6-19-11-15;/h14-15,19H,4-13H2,1-3H3;1H. The number of halogens is 1. The van der Waals surface area contributed by atoms with Crippen molar-refractivity contribution in [1.82, 2.24) is 20.1 Å². The largest absolute Gasteiger partial charge is 0.316 e. The van der Waals surface area contributed by atoms with Crippen LogP contribution in [0.5, 0.6) is 0 Å². The maximum Gasteiger partial charge on any atom is 0.0982 e. The molecule has 4 nitrogen and oxygen atoms in total. The summed E-state index contributed by atoms with van der Waals surface area (Å²) in [5.74, 6) is 0.864. The average Bonchev–Trinajstić information content (AvgIpc) is 2.99. The molecule has 1 aromatic heterocycles. The molecule has 3 rings (SSSR count). The van der Waals surface area contributed by atoms with Crippen LogP contribution in [0.3, 0.4) is 0 Å². The Morgan fingerprint density at radius 2 is 1.92 bits per heavy atom. The molecule has 1 unspecified atom stereocenters. The van der Waals surface area contributed by atoms with E-state index in [0.29, 0.717) is 0 Å². The monoisotopic (exact) mass is 372 g/mol. The van der Waals surface area contributed by atoms with Crippen molar-refractivity contribution in [1.29, 1.82) is 0 Å². The van der Waals surface area contributed by atoms with Crippen molar-refractivity contribution in [2.75, 3.05) is 45.8 Å². The fourth-order valence-electron chi connectivity index (χ4n) is 3.53. The highest BCUT2D eigenvalue weighted by Gasteiger charge is 2.23. The lowest BCUT2D eigenvalue weighted by molar-refractivity contribution is 0.107. The zero-order valence-electron chi connectivity index (χ0n) is 15.4. The third-order valence-electron chi connectivity index (χ3n) is 4.96. The number of nitrogens with one attached hydrogen (secondary N) is 1. The highest BCUT2D eigenvalue weighted by Crippen LogP contribution is 2.26. The number of nitrogens with zero attached hydrogens (tertiary/aromatic N) is 3. The van der Waals surface area contributed by atoms with Crippen LogP contribution in [0.15, 0.2) is 5.38 Å². The second-order valence-corrected chi connectivity index (χ2v) is 9.04. The minimum absolute atomic E-state index is 0. The zero-order valence-corrected chi connectivity index (χ0v) is 17.0. The summed E-state index contributed by atoms with van der Waals surface area (Å²) < 4.78 is 0. The molecular weight excluding hydrogens is 340 g/mol. The van der Waals surface area contributed by atoms with Crippen LogP contribution in [-0.2, 0) is 12.0 Å². The lowest BCUT2D eigenvalue weighted by Crippen LogP contribution is -2.48. The number of hydrogen-bond acceptors (Lipinski definition) is 5. The second kappa shape index (κ2) is 8.95. The molecule has 138 valence electrons. The van der Waals surface area contributed by atoms with Gasteiger partial charge >= 0.3 is 0 Å². The molecule has 2 aliphatic rings. The van der Waals surface area contributed by atoms with Gasteiger partial charge in [-0.25, -0.2) is 4.98 Å². The van der Waals surface area contributed by atoms with E-state index in [-0.39, 0.29) is 17.8 Å². The maximum atomic E-state index is 4.84. The highest BCUT2D eigenvalue weighted by molar-refractivity contribution is 7.09. The normalized spacial score (nSPS) is 23.9. The van der Waals surface area contributed by atoms with Gasteiger partial charge in [-0.3, -0.25) is 4.90 Å². The molecule has 2 saturated heterocycles. The molecule has 0 spiro atoms. The number of piperazine rings is 1. The van der Waals surface area contributed by atoms with Crippen LogP contribution in [-0.4, -0.2) is 60.6 Å². The molecule has 0 saturated carbocycles. The zero-order chi connectivity index (χ0) is 16.3. The van der Waals surface area contributed by atoms with Crippen molar-refractivity contribution in [3.05, 3.63) is 16.1 Å². The lowest BCUT2D eigenvalue weighted by Gasteiger charge is -2.37. The van der Waals surface area contributed by atoms with Gasteiger partial charge in [-0.2, -0.15) is 0 Å². The summed E-state index contributed by atoms with van der Waals surface area (Å²) in [5.41, 5.74) is 1.43. The summed E-state index contributed by atoms with van der Waals surface area (Å²) in [4.78, 5) is 10.1. The fraction of sp³-hybridized carbons (Fsp3) is 0.833. The van der Waals surface area contributed by atoms with Crippen LogP contribution >= 0.6 is 23.7 Å². The third kappa shape index (κ3) is 5.67. The second-order valence-electron chi connectivity index (χ2n) is 8.18. The molecule has 0 radical (unpaired) electrons. The van der Waals surface area contributed by atoms with Crippen LogP contribution in [0, 0.1) is 5.92 Å². The van der Waals surface area contributed by atoms with E-state index in [4.69, 9.17) is 4.98 Å². The first-order chi connectivity index (χ1) is 11.0. The molecule has 3 heterocycles. The molecular formula is C18H33ClN4S. The lowest BCUT2D eigenvalue weighted by atomic mass is 9.98. The Morgan fingerprint density at radius 3 is 2.50 bits per heavy atom.